The summed E-state index contributed by atoms with van der Waals surface area (Å²) in [5.74, 6) is -1.29. The van der Waals surface area contributed by atoms with E-state index in [0.717, 1.165) is 41.4 Å². The van der Waals surface area contributed by atoms with E-state index in [4.69, 9.17) is 0 Å². The van der Waals surface area contributed by atoms with Gasteiger partial charge < -0.3 is 15.5 Å². The molecule has 4 atom stereocenters. The monoisotopic (exact) mass is 593 g/mol. The van der Waals surface area contributed by atoms with Gasteiger partial charge in [0.25, 0.3) is 5.91 Å². The number of benzene rings is 3. The van der Waals surface area contributed by atoms with Crippen LogP contribution in [0.4, 0.5) is 15.8 Å². The van der Waals surface area contributed by atoms with Gasteiger partial charge in [-0.3, -0.25) is 14.3 Å². The maximum Gasteiger partial charge on any atom is 0.257 e. The summed E-state index contributed by atoms with van der Waals surface area (Å²) in [6, 6.07) is 18.7. The molecule has 3 aromatic carbocycles. The minimum atomic E-state index is -0.525. The molecule has 2 amide bonds. The number of piperidine rings is 1. The first-order valence-electron chi connectivity index (χ1n) is 16.0. The lowest BCUT2D eigenvalue weighted by Gasteiger charge is -2.48. The van der Waals surface area contributed by atoms with Gasteiger partial charge in [-0.05, 0) is 92.5 Å². The zero-order valence-corrected chi connectivity index (χ0v) is 25.4. The molecule has 228 valence electrons. The standard InChI is InChI=1S/C36H40FN5O2/c1-22-7-5-11-30(37)33(22)36(44)42-32-12-6-8-24(32)20-29(35(43)40-28-17-18-31-25(19-28)21-38-41(31)2)34(42)23-13-15-27(16-14-23)39-26-9-3-4-10-26/h5,7,11,13-19,21,24,26,29,32,34,39H,3-4,6,8-10,12,20H2,1-2H3,(H,40,43). The highest BCUT2D eigenvalue weighted by molar-refractivity contribution is 5.99. The van der Waals surface area contributed by atoms with Crippen LogP contribution in [0.2, 0.25) is 0 Å². The summed E-state index contributed by atoms with van der Waals surface area (Å²) in [5, 5.41) is 12.1. The fourth-order valence-corrected chi connectivity index (χ4v) is 8.02. The summed E-state index contributed by atoms with van der Waals surface area (Å²) < 4.78 is 17.1. The molecule has 7 rings (SSSR count). The maximum atomic E-state index is 15.3. The second-order valence-electron chi connectivity index (χ2n) is 13.0. The van der Waals surface area contributed by atoms with Crippen molar-refractivity contribution in [2.45, 2.75) is 76.4 Å². The zero-order valence-electron chi connectivity index (χ0n) is 25.4. The van der Waals surface area contributed by atoms with E-state index in [1.165, 1.54) is 31.7 Å². The fraction of sp³-hybridized carbons (Fsp3) is 0.417. The van der Waals surface area contributed by atoms with Crippen LogP contribution < -0.4 is 10.6 Å². The number of aromatic nitrogens is 2. The first kappa shape index (κ1) is 28.6. The topological polar surface area (TPSA) is 79.3 Å². The minimum Gasteiger partial charge on any atom is -0.382 e. The molecule has 7 nitrogen and oxygen atoms in total. The third kappa shape index (κ3) is 5.24. The van der Waals surface area contributed by atoms with Gasteiger partial charge in [-0.2, -0.15) is 5.10 Å². The Morgan fingerprint density at radius 1 is 0.932 bits per heavy atom. The molecule has 4 aromatic rings. The van der Waals surface area contributed by atoms with Gasteiger partial charge in [0.1, 0.15) is 5.82 Å². The number of hydrogen-bond acceptors (Lipinski definition) is 4. The lowest BCUT2D eigenvalue weighted by Crippen LogP contribution is -2.54. The van der Waals surface area contributed by atoms with E-state index >= 15 is 4.39 Å². The Bertz CT molecular complexity index is 1670. The third-order valence-corrected chi connectivity index (χ3v) is 10.2. The predicted molar refractivity (Wildman–Crippen MR) is 171 cm³/mol. The van der Waals surface area contributed by atoms with Crippen LogP contribution in [0.25, 0.3) is 10.9 Å². The van der Waals surface area contributed by atoms with Crippen molar-refractivity contribution in [2.24, 2.45) is 18.9 Å². The second kappa shape index (κ2) is 11.7. The fourth-order valence-electron chi connectivity index (χ4n) is 8.02. The lowest BCUT2D eigenvalue weighted by atomic mass is 9.76. The van der Waals surface area contributed by atoms with Crippen molar-refractivity contribution in [3.05, 3.63) is 89.4 Å². The normalized spacial score (nSPS) is 23.6. The maximum absolute atomic E-state index is 15.3. The number of fused-ring (bicyclic) bond motifs is 2. The number of carbonyl (C=O) groups excluding carboxylic acids is 2. The van der Waals surface area contributed by atoms with E-state index < -0.39 is 17.8 Å². The molecule has 0 spiro atoms. The highest BCUT2D eigenvalue weighted by atomic mass is 19.1. The van der Waals surface area contributed by atoms with Gasteiger partial charge in [-0.15, -0.1) is 0 Å². The van der Waals surface area contributed by atoms with Crippen molar-refractivity contribution in [3.63, 3.8) is 0 Å². The lowest BCUT2D eigenvalue weighted by molar-refractivity contribution is -0.125. The number of nitrogens with one attached hydrogen (secondary N) is 2. The molecule has 2 aliphatic carbocycles. The van der Waals surface area contributed by atoms with E-state index in [0.29, 0.717) is 23.7 Å². The Kier molecular flexibility index (Phi) is 7.60. The van der Waals surface area contributed by atoms with Gasteiger partial charge in [0.2, 0.25) is 5.91 Å². The highest BCUT2D eigenvalue weighted by Gasteiger charge is 2.50. The van der Waals surface area contributed by atoms with Crippen LogP contribution in [0.1, 0.15) is 78.9 Å². The molecule has 4 unspecified atom stereocenters. The largest absolute Gasteiger partial charge is 0.382 e. The molecule has 3 aliphatic rings. The van der Waals surface area contributed by atoms with Crippen LogP contribution in [0, 0.1) is 24.6 Å². The molecule has 44 heavy (non-hydrogen) atoms. The Labute approximate surface area is 257 Å². The van der Waals surface area contributed by atoms with Crippen LogP contribution in [0.5, 0.6) is 0 Å². The number of carbonyl (C=O) groups is 2. The second-order valence-corrected chi connectivity index (χ2v) is 13.0. The van der Waals surface area contributed by atoms with Crippen molar-refractivity contribution in [2.75, 3.05) is 10.6 Å². The molecule has 2 N–H and O–H groups in total. The molecular weight excluding hydrogens is 553 g/mol. The quantitative estimate of drug-likeness (QED) is 0.244. The van der Waals surface area contributed by atoms with Crippen molar-refractivity contribution < 1.29 is 14.0 Å². The Balaban J connectivity index is 1.27. The number of aryl methyl sites for hydroxylation is 2. The number of amides is 2. The van der Waals surface area contributed by atoms with Crippen molar-refractivity contribution in [1.82, 2.24) is 14.7 Å². The van der Waals surface area contributed by atoms with Crippen LogP contribution >= 0.6 is 0 Å². The number of hydrogen-bond donors (Lipinski definition) is 2. The number of nitrogens with zero attached hydrogens (tertiary/aromatic N) is 3. The summed E-state index contributed by atoms with van der Waals surface area (Å²) in [6.45, 7) is 1.78. The molecule has 2 heterocycles. The highest BCUT2D eigenvalue weighted by Crippen LogP contribution is 2.49. The molecule has 8 heteroatoms. The number of anilines is 2. The predicted octanol–water partition coefficient (Wildman–Crippen LogP) is 7.39. The van der Waals surface area contributed by atoms with E-state index in [1.807, 2.05) is 42.3 Å². The van der Waals surface area contributed by atoms with E-state index in [9.17, 15) is 9.59 Å². The van der Waals surface area contributed by atoms with Crippen LogP contribution in [0.3, 0.4) is 0 Å². The third-order valence-electron chi connectivity index (χ3n) is 10.2. The molecule has 1 aromatic heterocycles. The van der Waals surface area contributed by atoms with Gasteiger partial charge in [0.05, 0.1) is 29.2 Å². The van der Waals surface area contributed by atoms with Crippen molar-refractivity contribution >= 4 is 34.1 Å². The average Bonchev–Trinajstić information content (AvgIpc) is 3.78. The van der Waals surface area contributed by atoms with Crippen LogP contribution in [-0.2, 0) is 11.8 Å². The summed E-state index contributed by atoms with van der Waals surface area (Å²) >= 11 is 0. The Morgan fingerprint density at radius 3 is 2.48 bits per heavy atom. The van der Waals surface area contributed by atoms with Crippen molar-refractivity contribution in [3.8, 4) is 0 Å². The summed E-state index contributed by atoms with van der Waals surface area (Å²) in [4.78, 5) is 30.6. The van der Waals surface area contributed by atoms with E-state index in [1.54, 1.807) is 29.9 Å². The smallest absolute Gasteiger partial charge is 0.257 e. The van der Waals surface area contributed by atoms with Crippen LogP contribution in [-0.4, -0.2) is 38.6 Å². The van der Waals surface area contributed by atoms with Gasteiger partial charge in [-0.25, -0.2) is 4.39 Å². The van der Waals surface area contributed by atoms with E-state index in [2.05, 4.69) is 27.9 Å². The van der Waals surface area contributed by atoms with Gasteiger partial charge in [-0.1, -0.05) is 43.5 Å². The number of halogens is 1. The number of rotatable bonds is 6. The van der Waals surface area contributed by atoms with Gasteiger partial charge in [0, 0.05) is 35.9 Å². The van der Waals surface area contributed by atoms with E-state index in [-0.39, 0.29) is 29.3 Å². The molecular formula is C36H40FN5O2. The van der Waals surface area contributed by atoms with Gasteiger partial charge in [0.15, 0.2) is 0 Å². The molecule has 1 aliphatic heterocycles. The number of likely N-dealkylation sites (tertiary alicyclic amines) is 1. The average molecular weight is 594 g/mol. The van der Waals surface area contributed by atoms with Crippen LogP contribution in [0.15, 0.2) is 66.9 Å². The molecule has 2 saturated carbocycles. The molecule has 0 radical (unpaired) electrons. The summed E-state index contributed by atoms with van der Waals surface area (Å²) in [6.07, 6.45) is 10.1. The molecule has 0 bridgehead atoms. The van der Waals surface area contributed by atoms with Crippen molar-refractivity contribution in [1.29, 1.82) is 0 Å². The first-order chi connectivity index (χ1) is 21.4. The zero-order chi connectivity index (χ0) is 30.4. The molecule has 1 saturated heterocycles. The SMILES string of the molecule is Cc1cccc(F)c1C(=O)N1C2CCCC2CC(C(=O)Nc2ccc3c(cnn3C)c2)C1c1ccc(NC2CCCC2)cc1. The minimum absolute atomic E-state index is 0.0430. The Morgan fingerprint density at radius 2 is 1.70 bits per heavy atom. The molecule has 3 fully saturated rings. The summed E-state index contributed by atoms with van der Waals surface area (Å²) in [7, 11) is 1.89. The first-order valence-corrected chi connectivity index (χ1v) is 16.0. The Hall–Kier alpha value is -4.20. The summed E-state index contributed by atoms with van der Waals surface area (Å²) in [5.41, 5.74) is 4.33. The van der Waals surface area contributed by atoms with Gasteiger partial charge >= 0.3 is 0 Å².